The Morgan fingerprint density at radius 2 is 1.86 bits per heavy atom. The van der Waals surface area contributed by atoms with Gasteiger partial charge in [0.1, 0.15) is 6.54 Å². The first-order valence-corrected chi connectivity index (χ1v) is 13.7. The second-order valence-corrected chi connectivity index (χ2v) is 10.3. The Bertz CT molecular complexity index is 1570. The molecule has 3 amide bonds. The van der Waals surface area contributed by atoms with Crippen LogP contribution in [0.5, 0.6) is 0 Å². The molecule has 12 heteroatoms. The summed E-state index contributed by atoms with van der Waals surface area (Å²) < 4.78 is 38.8. The number of hydrogen-bond donors (Lipinski definition) is 3. The first kappa shape index (κ1) is 29.1. The van der Waals surface area contributed by atoms with E-state index in [-0.39, 0.29) is 24.5 Å². The third kappa shape index (κ3) is 6.54. The highest BCUT2D eigenvalue weighted by molar-refractivity contribution is 5.90. The van der Waals surface area contributed by atoms with Gasteiger partial charge in [-0.2, -0.15) is 18.3 Å². The van der Waals surface area contributed by atoms with E-state index in [1.54, 1.807) is 46.5 Å². The van der Waals surface area contributed by atoms with Crippen molar-refractivity contribution < 1.29 is 27.9 Å². The topological polar surface area (TPSA) is 112 Å². The van der Waals surface area contributed by atoms with Crippen molar-refractivity contribution >= 4 is 23.3 Å². The summed E-state index contributed by atoms with van der Waals surface area (Å²) in [6.07, 6.45) is 1.32. The van der Waals surface area contributed by atoms with E-state index in [9.17, 15) is 27.9 Å². The average molecular weight is 581 g/mol. The summed E-state index contributed by atoms with van der Waals surface area (Å²) in [6, 6.07) is 15.5. The summed E-state index contributed by atoms with van der Waals surface area (Å²) in [5, 5.41) is 18.1. The number of likely N-dealkylation sites (tertiary alicyclic amines) is 1. The number of carbonyl (C=O) groups excluding carboxylic acids is 2. The molecule has 5 rings (SSSR count). The van der Waals surface area contributed by atoms with Gasteiger partial charge in [0, 0.05) is 36.0 Å². The average Bonchev–Trinajstić information content (AvgIpc) is 3.62. The highest BCUT2D eigenvalue weighted by Gasteiger charge is 2.31. The van der Waals surface area contributed by atoms with Gasteiger partial charge >= 0.3 is 12.2 Å². The maximum atomic E-state index is 13.1. The van der Waals surface area contributed by atoms with Crippen molar-refractivity contribution in [1.29, 1.82) is 0 Å². The molecule has 0 aliphatic carbocycles. The van der Waals surface area contributed by atoms with Crippen molar-refractivity contribution in [3.63, 3.8) is 0 Å². The zero-order chi connectivity index (χ0) is 29.9. The van der Waals surface area contributed by atoms with Gasteiger partial charge in [0.15, 0.2) is 5.65 Å². The monoisotopic (exact) mass is 580 g/mol. The second kappa shape index (κ2) is 12.2. The molecule has 0 bridgehead atoms. The molecule has 2 aromatic heterocycles. The Labute approximate surface area is 240 Å². The van der Waals surface area contributed by atoms with Crippen LogP contribution in [0.15, 0.2) is 67.0 Å². The molecule has 1 aliphatic heterocycles. The highest BCUT2D eigenvalue weighted by Crippen LogP contribution is 2.29. The number of nitrogens with one attached hydrogen (secondary N) is 2. The van der Waals surface area contributed by atoms with E-state index >= 15 is 0 Å². The standard InChI is InChI=1S/C30H31F3N6O3/c1-19(28(41)38-12-3-6-25(38)11-13-40)20-7-9-21(10-8-20)23-15-27-34-17-26(39(27)36-16-23)22-4-2-5-24(14-22)37-29(42)35-18-30(31,32)33/h2,4-5,7-10,14-17,19,25,40H,3,6,11-13,18H2,1H3,(H2,35,37,42)/t19?,25-/m0/s1. The predicted octanol–water partition coefficient (Wildman–Crippen LogP) is 5.22. The van der Waals surface area contributed by atoms with Crippen LogP contribution in [0.4, 0.5) is 23.7 Å². The lowest BCUT2D eigenvalue weighted by atomic mass is 9.96. The number of urea groups is 1. The van der Waals surface area contributed by atoms with Crippen LogP contribution in [0.1, 0.15) is 37.7 Å². The van der Waals surface area contributed by atoms with Gasteiger partial charge in [-0.1, -0.05) is 36.4 Å². The molecular formula is C30H31F3N6O3. The molecule has 0 saturated carbocycles. The molecule has 0 radical (unpaired) electrons. The van der Waals surface area contributed by atoms with Crippen LogP contribution in [0, 0.1) is 0 Å². The number of aliphatic hydroxyl groups is 1. The first-order valence-electron chi connectivity index (χ1n) is 13.7. The molecule has 0 spiro atoms. The largest absolute Gasteiger partial charge is 0.405 e. The molecule has 2 aromatic carbocycles. The van der Waals surface area contributed by atoms with Crippen molar-refractivity contribution in [1.82, 2.24) is 24.8 Å². The van der Waals surface area contributed by atoms with Crippen LogP contribution in [0.2, 0.25) is 0 Å². The third-order valence-corrected chi connectivity index (χ3v) is 7.46. The van der Waals surface area contributed by atoms with E-state index in [0.717, 1.165) is 36.1 Å². The Morgan fingerprint density at radius 3 is 2.60 bits per heavy atom. The SMILES string of the molecule is CC(C(=O)N1CCC[C@H]1CCO)c1ccc(-c2cnn3c(-c4cccc(NC(=O)NCC(F)(F)F)c4)cnc3c2)cc1. The van der Waals surface area contributed by atoms with Crippen LogP contribution >= 0.6 is 0 Å². The number of alkyl halides is 3. The maximum Gasteiger partial charge on any atom is 0.405 e. The second-order valence-electron chi connectivity index (χ2n) is 10.3. The zero-order valence-corrected chi connectivity index (χ0v) is 22.9. The number of benzene rings is 2. The molecule has 3 heterocycles. The minimum atomic E-state index is -4.50. The fourth-order valence-electron chi connectivity index (χ4n) is 5.27. The smallest absolute Gasteiger partial charge is 0.396 e. The van der Waals surface area contributed by atoms with E-state index in [1.807, 2.05) is 42.2 Å². The zero-order valence-electron chi connectivity index (χ0n) is 22.9. The first-order chi connectivity index (χ1) is 20.1. The van der Waals surface area contributed by atoms with Gasteiger partial charge < -0.3 is 20.6 Å². The Balaban J connectivity index is 1.29. The lowest BCUT2D eigenvalue weighted by Gasteiger charge is -2.27. The van der Waals surface area contributed by atoms with Gasteiger partial charge in [-0.05, 0) is 55.5 Å². The fraction of sp³-hybridized carbons (Fsp3) is 0.333. The third-order valence-electron chi connectivity index (χ3n) is 7.46. The van der Waals surface area contributed by atoms with Gasteiger partial charge in [0.05, 0.1) is 24.0 Å². The summed E-state index contributed by atoms with van der Waals surface area (Å²) in [4.78, 5) is 31.4. The number of halogens is 3. The summed E-state index contributed by atoms with van der Waals surface area (Å²) in [5.41, 5.74) is 4.87. The van der Waals surface area contributed by atoms with Gasteiger partial charge in [-0.25, -0.2) is 14.3 Å². The van der Waals surface area contributed by atoms with E-state index < -0.39 is 18.8 Å². The van der Waals surface area contributed by atoms with Crippen LogP contribution in [0.25, 0.3) is 28.0 Å². The number of amides is 3. The molecular weight excluding hydrogens is 549 g/mol. The fourth-order valence-corrected chi connectivity index (χ4v) is 5.27. The number of carbonyl (C=O) groups is 2. The van der Waals surface area contributed by atoms with Gasteiger partial charge in [-0.3, -0.25) is 4.79 Å². The van der Waals surface area contributed by atoms with Crippen molar-refractivity contribution in [3.05, 3.63) is 72.6 Å². The van der Waals surface area contributed by atoms with E-state index in [2.05, 4.69) is 15.4 Å². The van der Waals surface area contributed by atoms with Gasteiger partial charge in [-0.15, -0.1) is 0 Å². The molecule has 2 atom stereocenters. The number of imidazole rings is 1. The lowest BCUT2D eigenvalue weighted by molar-refractivity contribution is -0.133. The molecule has 1 saturated heterocycles. The van der Waals surface area contributed by atoms with E-state index in [1.165, 1.54) is 0 Å². The number of aliphatic hydroxyl groups excluding tert-OH is 1. The Kier molecular flexibility index (Phi) is 8.44. The maximum absolute atomic E-state index is 13.1. The number of nitrogens with zero attached hydrogens (tertiary/aromatic N) is 4. The summed E-state index contributed by atoms with van der Waals surface area (Å²) in [6.45, 7) is 1.28. The Hall–Kier alpha value is -4.45. The van der Waals surface area contributed by atoms with Crippen LogP contribution in [0.3, 0.4) is 0 Å². The molecule has 1 aliphatic rings. The van der Waals surface area contributed by atoms with E-state index in [4.69, 9.17) is 0 Å². The summed E-state index contributed by atoms with van der Waals surface area (Å²) in [5.74, 6) is -0.220. The molecule has 3 N–H and O–H groups in total. The van der Waals surface area contributed by atoms with Crippen molar-refractivity contribution in [2.24, 2.45) is 0 Å². The number of hydrogen-bond acceptors (Lipinski definition) is 5. The van der Waals surface area contributed by atoms with Crippen LogP contribution < -0.4 is 10.6 Å². The number of fused-ring (bicyclic) bond motifs is 1. The van der Waals surface area contributed by atoms with Crippen molar-refractivity contribution in [2.45, 2.75) is 44.3 Å². The van der Waals surface area contributed by atoms with E-state index in [0.29, 0.717) is 29.0 Å². The normalized spacial score (nSPS) is 16.0. The molecule has 1 unspecified atom stereocenters. The summed E-state index contributed by atoms with van der Waals surface area (Å²) in [7, 11) is 0. The van der Waals surface area contributed by atoms with Crippen molar-refractivity contribution in [2.75, 3.05) is 25.0 Å². The highest BCUT2D eigenvalue weighted by atomic mass is 19.4. The van der Waals surface area contributed by atoms with Gasteiger partial charge in [0.25, 0.3) is 0 Å². The van der Waals surface area contributed by atoms with Crippen LogP contribution in [-0.2, 0) is 4.79 Å². The molecule has 9 nitrogen and oxygen atoms in total. The van der Waals surface area contributed by atoms with Gasteiger partial charge in [0.2, 0.25) is 5.91 Å². The minimum absolute atomic E-state index is 0.0740. The number of anilines is 1. The molecule has 42 heavy (non-hydrogen) atoms. The summed E-state index contributed by atoms with van der Waals surface area (Å²) >= 11 is 0. The minimum Gasteiger partial charge on any atom is -0.396 e. The van der Waals surface area contributed by atoms with Crippen LogP contribution in [-0.4, -0.2) is 68.5 Å². The quantitative estimate of drug-likeness (QED) is 0.265. The number of aromatic nitrogens is 3. The molecule has 1 fully saturated rings. The molecule has 4 aromatic rings. The predicted molar refractivity (Wildman–Crippen MR) is 152 cm³/mol. The molecule has 220 valence electrons. The lowest BCUT2D eigenvalue weighted by Crippen LogP contribution is -2.38. The van der Waals surface area contributed by atoms with Crippen molar-refractivity contribution in [3.8, 4) is 22.4 Å². The Morgan fingerprint density at radius 1 is 1.07 bits per heavy atom. The number of rotatable bonds is 8.